The molecule has 0 aromatic heterocycles. The molecule has 0 amide bonds. The largest absolute Gasteiger partial charge is 0.462 e. The summed E-state index contributed by atoms with van der Waals surface area (Å²) in [6.07, 6.45) is 51.7. The van der Waals surface area contributed by atoms with Crippen molar-refractivity contribution in [1.82, 2.24) is 0 Å². The predicted octanol–water partition coefficient (Wildman–Crippen LogP) is 16.0. The standard InChI is InChI=1S/C51H94O6/c1-4-7-10-13-16-18-20-22-24-26-28-30-32-35-38-41-44-50(53)56-47-48(46-55-49(52)43-40-37-34-15-12-9-6-3)57-51(54)45-42-39-36-33-31-29-27-25-23-21-19-17-14-11-8-5-2/h24-27,48H,4-23,28-47H2,1-3H3/b26-24-,27-25-. The molecule has 6 nitrogen and oxygen atoms in total. The highest BCUT2D eigenvalue weighted by Crippen LogP contribution is 2.14. The lowest BCUT2D eigenvalue weighted by molar-refractivity contribution is -0.167. The molecule has 0 heterocycles. The van der Waals surface area contributed by atoms with Crippen molar-refractivity contribution in [1.29, 1.82) is 0 Å². The van der Waals surface area contributed by atoms with Gasteiger partial charge in [0.25, 0.3) is 0 Å². The average molecular weight is 803 g/mol. The second kappa shape index (κ2) is 46.6. The zero-order valence-corrected chi connectivity index (χ0v) is 38.1. The molecule has 0 radical (unpaired) electrons. The molecular weight excluding hydrogens is 709 g/mol. The highest BCUT2D eigenvalue weighted by Gasteiger charge is 2.19. The summed E-state index contributed by atoms with van der Waals surface area (Å²) in [6, 6.07) is 0. The number of esters is 3. The quantitative estimate of drug-likeness (QED) is 0.0264. The lowest BCUT2D eigenvalue weighted by Gasteiger charge is -2.18. The summed E-state index contributed by atoms with van der Waals surface area (Å²) in [7, 11) is 0. The van der Waals surface area contributed by atoms with Gasteiger partial charge in [0.2, 0.25) is 0 Å². The van der Waals surface area contributed by atoms with Gasteiger partial charge in [-0.3, -0.25) is 14.4 Å². The summed E-state index contributed by atoms with van der Waals surface area (Å²) in [5, 5.41) is 0. The molecule has 1 atom stereocenters. The van der Waals surface area contributed by atoms with E-state index in [1.165, 1.54) is 154 Å². The molecule has 6 heteroatoms. The molecule has 0 rings (SSSR count). The molecule has 0 N–H and O–H groups in total. The molecule has 0 aromatic rings. The second-order valence-electron chi connectivity index (χ2n) is 16.7. The molecule has 334 valence electrons. The van der Waals surface area contributed by atoms with Gasteiger partial charge < -0.3 is 14.2 Å². The van der Waals surface area contributed by atoms with Crippen LogP contribution in [-0.2, 0) is 28.6 Å². The molecule has 0 aromatic carbocycles. The van der Waals surface area contributed by atoms with Gasteiger partial charge in [0.05, 0.1) is 0 Å². The Morgan fingerprint density at radius 1 is 0.333 bits per heavy atom. The minimum Gasteiger partial charge on any atom is -0.462 e. The van der Waals surface area contributed by atoms with Gasteiger partial charge in [-0.05, 0) is 70.6 Å². The fraction of sp³-hybridized carbons (Fsp3) is 0.863. The van der Waals surface area contributed by atoms with Crippen molar-refractivity contribution in [2.24, 2.45) is 0 Å². The fourth-order valence-electron chi connectivity index (χ4n) is 7.14. The highest BCUT2D eigenvalue weighted by molar-refractivity contribution is 5.71. The third-order valence-corrected chi connectivity index (χ3v) is 10.9. The van der Waals surface area contributed by atoms with Gasteiger partial charge in [0, 0.05) is 19.3 Å². The molecule has 0 aliphatic carbocycles. The van der Waals surface area contributed by atoms with E-state index in [2.05, 4.69) is 45.1 Å². The van der Waals surface area contributed by atoms with Crippen LogP contribution in [0.3, 0.4) is 0 Å². The Morgan fingerprint density at radius 3 is 0.877 bits per heavy atom. The first kappa shape index (κ1) is 54.9. The van der Waals surface area contributed by atoms with Gasteiger partial charge in [0.1, 0.15) is 13.2 Å². The minimum absolute atomic E-state index is 0.0751. The monoisotopic (exact) mass is 803 g/mol. The number of unbranched alkanes of at least 4 members (excludes halogenated alkanes) is 30. The Bertz CT molecular complexity index is 927. The van der Waals surface area contributed by atoms with E-state index in [9.17, 15) is 14.4 Å². The van der Waals surface area contributed by atoms with Gasteiger partial charge in [0.15, 0.2) is 6.10 Å². The first-order valence-electron chi connectivity index (χ1n) is 24.8. The normalized spacial score (nSPS) is 12.1. The van der Waals surface area contributed by atoms with Crippen molar-refractivity contribution in [2.45, 2.75) is 271 Å². The Morgan fingerprint density at radius 2 is 0.579 bits per heavy atom. The lowest BCUT2D eigenvalue weighted by atomic mass is 10.1. The Kier molecular flexibility index (Phi) is 44.9. The zero-order valence-electron chi connectivity index (χ0n) is 38.1. The van der Waals surface area contributed by atoms with Gasteiger partial charge >= 0.3 is 17.9 Å². The highest BCUT2D eigenvalue weighted by atomic mass is 16.6. The van der Waals surface area contributed by atoms with E-state index in [0.29, 0.717) is 19.3 Å². The number of hydrogen-bond donors (Lipinski definition) is 0. The molecule has 0 saturated carbocycles. The number of allylic oxidation sites excluding steroid dienone is 4. The molecule has 0 spiro atoms. The van der Waals surface area contributed by atoms with Crippen molar-refractivity contribution in [2.75, 3.05) is 13.2 Å². The third kappa shape index (κ3) is 44.8. The van der Waals surface area contributed by atoms with Gasteiger partial charge in [-0.25, -0.2) is 0 Å². The van der Waals surface area contributed by atoms with Crippen LogP contribution in [0.5, 0.6) is 0 Å². The number of carbonyl (C=O) groups excluding carboxylic acids is 3. The maximum absolute atomic E-state index is 12.7. The van der Waals surface area contributed by atoms with E-state index >= 15 is 0 Å². The van der Waals surface area contributed by atoms with Crippen LogP contribution in [0.25, 0.3) is 0 Å². The van der Waals surface area contributed by atoms with Crippen LogP contribution < -0.4 is 0 Å². The summed E-state index contributed by atoms with van der Waals surface area (Å²) in [5.74, 6) is -0.890. The summed E-state index contributed by atoms with van der Waals surface area (Å²) in [6.45, 7) is 6.59. The summed E-state index contributed by atoms with van der Waals surface area (Å²) < 4.78 is 16.7. The molecule has 0 saturated heterocycles. The maximum atomic E-state index is 12.7. The van der Waals surface area contributed by atoms with Crippen molar-refractivity contribution >= 4 is 17.9 Å². The first-order valence-corrected chi connectivity index (χ1v) is 24.8. The van der Waals surface area contributed by atoms with Crippen LogP contribution in [0, 0.1) is 0 Å². The van der Waals surface area contributed by atoms with Crippen LogP contribution >= 0.6 is 0 Å². The fourth-order valence-corrected chi connectivity index (χ4v) is 7.14. The van der Waals surface area contributed by atoms with Crippen molar-refractivity contribution in [3.8, 4) is 0 Å². The molecule has 0 aliphatic heterocycles. The van der Waals surface area contributed by atoms with E-state index in [-0.39, 0.29) is 31.1 Å². The Labute approximate surface area is 353 Å². The maximum Gasteiger partial charge on any atom is 0.306 e. The van der Waals surface area contributed by atoms with E-state index in [0.717, 1.165) is 70.6 Å². The van der Waals surface area contributed by atoms with Crippen molar-refractivity contribution in [3.63, 3.8) is 0 Å². The molecule has 0 fully saturated rings. The summed E-state index contributed by atoms with van der Waals surface area (Å²) in [4.78, 5) is 37.7. The average Bonchev–Trinajstić information content (AvgIpc) is 3.21. The second-order valence-corrected chi connectivity index (χ2v) is 16.7. The Hall–Kier alpha value is -2.11. The van der Waals surface area contributed by atoms with Crippen molar-refractivity contribution in [3.05, 3.63) is 24.3 Å². The number of ether oxygens (including phenoxy) is 3. The van der Waals surface area contributed by atoms with Crippen LogP contribution in [0.2, 0.25) is 0 Å². The van der Waals surface area contributed by atoms with E-state index < -0.39 is 6.10 Å². The minimum atomic E-state index is -0.772. The topological polar surface area (TPSA) is 78.9 Å². The van der Waals surface area contributed by atoms with Crippen LogP contribution in [0.4, 0.5) is 0 Å². The van der Waals surface area contributed by atoms with Crippen molar-refractivity contribution < 1.29 is 28.6 Å². The van der Waals surface area contributed by atoms with E-state index in [1.54, 1.807) is 0 Å². The smallest absolute Gasteiger partial charge is 0.306 e. The van der Waals surface area contributed by atoms with Gasteiger partial charge in [-0.1, -0.05) is 199 Å². The summed E-state index contributed by atoms with van der Waals surface area (Å²) in [5.41, 5.74) is 0. The lowest BCUT2D eigenvalue weighted by Crippen LogP contribution is -2.30. The molecule has 0 bridgehead atoms. The third-order valence-electron chi connectivity index (χ3n) is 10.9. The molecule has 1 unspecified atom stereocenters. The first-order chi connectivity index (χ1) is 28.0. The number of rotatable bonds is 45. The number of carbonyl (C=O) groups is 3. The van der Waals surface area contributed by atoms with Gasteiger partial charge in [-0.15, -0.1) is 0 Å². The summed E-state index contributed by atoms with van der Waals surface area (Å²) >= 11 is 0. The van der Waals surface area contributed by atoms with Gasteiger partial charge in [-0.2, -0.15) is 0 Å². The van der Waals surface area contributed by atoms with Crippen LogP contribution in [0.1, 0.15) is 265 Å². The molecule has 57 heavy (non-hydrogen) atoms. The molecular formula is C51H94O6. The van der Waals surface area contributed by atoms with E-state index in [1.807, 2.05) is 0 Å². The van der Waals surface area contributed by atoms with Crippen LogP contribution in [0.15, 0.2) is 24.3 Å². The van der Waals surface area contributed by atoms with Crippen LogP contribution in [-0.4, -0.2) is 37.2 Å². The number of hydrogen-bond acceptors (Lipinski definition) is 6. The SMILES string of the molecule is CCCCCCCCC/C=C\CCCCCCCC(=O)OCC(COC(=O)CCCCCCCCC)OC(=O)CCCCCCC/C=C\CCCCCCCCC. The Balaban J connectivity index is 4.28. The zero-order chi connectivity index (χ0) is 41.5. The predicted molar refractivity (Wildman–Crippen MR) is 243 cm³/mol. The van der Waals surface area contributed by atoms with E-state index in [4.69, 9.17) is 14.2 Å². The molecule has 0 aliphatic rings.